The van der Waals surface area contributed by atoms with E-state index in [1.165, 1.54) is 12.3 Å². The second kappa shape index (κ2) is 3.68. The fraction of sp³-hybridized carbons (Fsp3) is 0.200. The first kappa shape index (κ1) is 11.3. The van der Waals surface area contributed by atoms with E-state index in [1.54, 1.807) is 12.1 Å². The van der Waals surface area contributed by atoms with Gasteiger partial charge < -0.3 is 10.7 Å². The summed E-state index contributed by atoms with van der Waals surface area (Å²) in [6, 6.07) is 2.68. The van der Waals surface area contributed by atoms with Gasteiger partial charge >= 0.3 is 6.18 Å². The molecule has 0 aliphatic carbocycles. The molecule has 0 spiro atoms. The van der Waals surface area contributed by atoms with Gasteiger partial charge in [-0.05, 0) is 18.2 Å². The SMILES string of the molecule is N[C@H](c1c[nH]c2ccc(Cl)cc12)C(F)(F)F. The first-order valence-electron chi connectivity index (χ1n) is 4.48. The monoisotopic (exact) mass is 248 g/mol. The van der Waals surface area contributed by atoms with Crippen molar-refractivity contribution < 1.29 is 13.2 Å². The van der Waals surface area contributed by atoms with Crippen LogP contribution in [0.4, 0.5) is 13.2 Å². The van der Waals surface area contributed by atoms with Crippen LogP contribution in [0.2, 0.25) is 5.02 Å². The molecular formula is C10H8ClF3N2. The maximum Gasteiger partial charge on any atom is 0.407 e. The van der Waals surface area contributed by atoms with Crippen LogP contribution in [0.3, 0.4) is 0 Å². The molecule has 0 saturated heterocycles. The van der Waals surface area contributed by atoms with Crippen LogP contribution in [0.5, 0.6) is 0 Å². The summed E-state index contributed by atoms with van der Waals surface area (Å²) >= 11 is 5.73. The van der Waals surface area contributed by atoms with E-state index in [2.05, 4.69) is 4.98 Å². The molecule has 0 amide bonds. The van der Waals surface area contributed by atoms with Crippen LogP contribution in [0, 0.1) is 0 Å². The van der Waals surface area contributed by atoms with Gasteiger partial charge in [0.05, 0.1) is 0 Å². The first-order valence-corrected chi connectivity index (χ1v) is 4.86. The summed E-state index contributed by atoms with van der Waals surface area (Å²) in [5, 5.41) is 0.778. The fourth-order valence-corrected chi connectivity index (χ4v) is 1.72. The van der Waals surface area contributed by atoms with Crippen LogP contribution < -0.4 is 5.73 Å². The molecule has 0 aliphatic rings. The zero-order chi connectivity index (χ0) is 11.9. The number of aromatic nitrogens is 1. The summed E-state index contributed by atoms with van der Waals surface area (Å²) in [7, 11) is 0. The number of rotatable bonds is 1. The van der Waals surface area contributed by atoms with Gasteiger partial charge in [0.15, 0.2) is 0 Å². The molecule has 1 aromatic carbocycles. The van der Waals surface area contributed by atoms with E-state index in [4.69, 9.17) is 17.3 Å². The maximum atomic E-state index is 12.5. The summed E-state index contributed by atoms with van der Waals surface area (Å²) in [6.45, 7) is 0. The van der Waals surface area contributed by atoms with E-state index in [-0.39, 0.29) is 5.56 Å². The second-order valence-corrected chi connectivity index (χ2v) is 3.89. The van der Waals surface area contributed by atoms with E-state index in [0.717, 1.165) is 0 Å². The molecule has 0 bridgehead atoms. The third-order valence-corrected chi connectivity index (χ3v) is 2.60. The lowest BCUT2D eigenvalue weighted by atomic mass is 10.1. The quantitative estimate of drug-likeness (QED) is 0.798. The maximum absolute atomic E-state index is 12.5. The molecule has 2 rings (SSSR count). The zero-order valence-corrected chi connectivity index (χ0v) is 8.73. The van der Waals surface area contributed by atoms with Crippen molar-refractivity contribution >= 4 is 22.5 Å². The van der Waals surface area contributed by atoms with Crippen molar-refractivity contribution in [1.29, 1.82) is 0 Å². The Labute approximate surface area is 94.2 Å². The number of hydrogen-bond donors (Lipinski definition) is 2. The Morgan fingerprint density at radius 1 is 1.31 bits per heavy atom. The summed E-state index contributed by atoms with van der Waals surface area (Å²) in [5.74, 6) is 0. The van der Waals surface area contributed by atoms with Gasteiger partial charge in [-0.15, -0.1) is 0 Å². The number of benzene rings is 1. The van der Waals surface area contributed by atoms with Crippen LogP contribution in [0.1, 0.15) is 11.6 Å². The highest BCUT2D eigenvalue weighted by Gasteiger charge is 2.39. The molecule has 0 fully saturated rings. The summed E-state index contributed by atoms with van der Waals surface area (Å²) < 4.78 is 37.4. The van der Waals surface area contributed by atoms with Gasteiger partial charge in [0.2, 0.25) is 0 Å². The average molecular weight is 249 g/mol. The van der Waals surface area contributed by atoms with Gasteiger partial charge in [0.25, 0.3) is 0 Å². The molecule has 1 atom stereocenters. The molecule has 86 valence electrons. The average Bonchev–Trinajstić information content (AvgIpc) is 2.57. The number of aromatic amines is 1. The Hall–Kier alpha value is -1.20. The van der Waals surface area contributed by atoms with Crippen molar-refractivity contribution in [2.45, 2.75) is 12.2 Å². The molecule has 0 saturated carbocycles. The van der Waals surface area contributed by atoms with Crippen LogP contribution in [0.25, 0.3) is 10.9 Å². The van der Waals surface area contributed by atoms with Gasteiger partial charge in [0.1, 0.15) is 6.04 Å². The lowest BCUT2D eigenvalue weighted by Crippen LogP contribution is -2.28. The summed E-state index contributed by atoms with van der Waals surface area (Å²) in [6.07, 6.45) is -3.20. The van der Waals surface area contributed by atoms with Gasteiger partial charge in [-0.25, -0.2) is 0 Å². The molecule has 0 aliphatic heterocycles. The Balaban J connectivity index is 2.57. The highest BCUT2D eigenvalue weighted by molar-refractivity contribution is 6.31. The smallest absolute Gasteiger partial charge is 0.361 e. The predicted molar refractivity (Wildman–Crippen MR) is 56.3 cm³/mol. The van der Waals surface area contributed by atoms with E-state index >= 15 is 0 Å². The number of nitrogens with one attached hydrogen (secondary N) is 1. The highest BCUT2D eigenvalue weighted by atomic mass is 35.5. The standard InChI is InChI=1S/C10H8ClF3N2/c11-5-1-2-8-6(3-5)7(4-16-8)9(15)10(12,13)14/h1-4,9,16H,15H2/t9-/m1/s1. The minimum atomic E-state index is -4.46. The molecule has 0 unspecified atom stereocenters. The van der Waals surface area contributed by atoms with E-state index in [0.29, 0.717) is 15.9 Å². The number of nitrogens with two attached hydrogens (primary N) is 1. The van der Waals surface area contributed by atoms with Crippen LogP contribution in [-0.4, -0.2) is 11.2 Å². The zero-order valence-electron chi connectivity index (χ0n) is 7.98. The number of H-pyrrole nitrogens is 1. The topological polar surface area (TPSA) is 41.8 Å². The number of fused-ring (bicyclic) bond motifs is 1. The normalized spacial score (nSPS) is 14.3. The van der Waals surface area contributed by atoms with Gasteiger partial charge in [0, 0.05) is 27.7 Å². The summed E-state index contributed by atoms with van der Waals surface area (Å²) in [4.78, 5) is 2.73. The van der Waals surface area contributed by atoms with E-state index < -0.39 is 12.2 Å². The van der Waals surface area contributed by atoms with Crippen LogP contribution in [0.15, 0.2) is 24.4 Å². The largest absolute Gasteiger partial charge is 0.407 e. The second-order valence-electron chi connectivity index (χ2n) is 3.45. The van der Waals surface area contributed by atoms with Crippen molar-refractivity contribution in [2.24, 2.45) is 5.73 Å². The van der Waals surface area contributed by atoms with Crippen LogP contribution in [-0.2, 0) is 0 Å². The third-order valence-electron chi connectivity index (χ3n) is 2.36. The van der Waals surface area contributed by atoms with Crippen molar-refractivity contribution in [3.8, 4) is 0 Å². The molecular weight excluding hydrogens is 241 g/mol. The Morgan fingerprint density at radius 3 is 2.62 bits per heavy atom. The Kier molecular flexibility index (Phi) is 2.59. The first-order chi connectivity index (χ1) is 7.39. The molecule has 1 aromatic heterocycles. The third kappa shape index (κ3) is 1.88. The van der Waals surface area contributed by atoms with Gasteiger partial charge in [-0.3, -0.25) is 0 Å². The van der Waals surface area contributed by atoms with Gasteiger partial charge in [-0.2, -0.15) is 13.2 Å². The Morgan fingerprint density at radius 2 is 2.00 bits per heavy atom. The fourth-order valence-electron chi connectivity index (χ4n) is 1.55. The minimum absolute atomic E-state index is 0.00463. The predicted octanol–water partition coefficient (Wildman–Crippen LogP) is 3.38. The number of halogens is 4. The summed E-state index contributed by atoms with van der Waals surface area (Å²) in [5.41, 5.74) is 5.73. The van der Waals surface area contributed by atoms with Crippen LogP contribution >= 0.6 is 11.6 Å². The number of alkyl halides is 3. The molecule has 1 heterocycles. The van der Waals surface area contributed by atoms with Crippen molar-refractivity contribution in [3.63, 3.8) is 0 Å². The minimum Gasteiger partial charge on any atom is -0.361 e. The van der Waals surface area contributed by atoms with Crippen molar-refractivity contribution in [2.75, 3.05) is 0 Å². The lowest BCUT2D eigenvalue weighted by Gasteiger charge is -2.14. The van der Waals surface area contributed by atoms with Crippen molar-refractivity contribution in [1.82, 2.24) is 4.98 Å². The lowest BCUT2D eigenvalue weighted by molar-refractivity contribution is -0.148. The van der Waals surface area contributed by atoms with E-state index in [1.807, 2.05) is 0 Å². The molecule has 2 nitrogen and oxygen atoms in total. The molecule has 2 aromatic rings. The Bertz CT molecular complexity index is 518. The highest BCUT2D eigenvalue weighted by Crippen LogP contribution is 2.35. The molecule has 0 radical (unpaired) electrons. The van der Waals surface area contributed by atoms with Gasteiger partial charge in [-0.1, -0.05) is 11.6 Å². The number of hydrogen-bond acceptors (Lipinski definition) is 1. The van der Waals surface area contributed by atoms with Crippen molar-refractivity contribution in [3.05, 3.63) is 35.0 Å². The molecule has 3 N–H and O–H groups in total. The molecule has 16 heavy (non-hydrogen) atoms. The molecule has 6 heteroatoms. The van der Waals surface area contributed by atoms with E-state index in [9.17, 15) is 13.2 Å².